The highest BCUT2D eigenvalue weighted by atomic mass is 16.5. The van der Waals surface area contributed by atoms with Gasteiger partial charge in [0.25, 0.3) is 0 Å². The Balaban J connectivity index is 1.87. The summed E-state index contributed by atoms with van der Waals surface area (Å²) < 4.78 is 6.14. The summed E-state index contributed by atoms with van der Waals surface area (Å²) in [5.41, 5.74) is 1.84. The van der Waals surface area contributed by atoms with Gasteiger partial charge in [-0.2, -0.15) is 0 Å². The van der Waals surface area contributed by atoms with Crippen molar-refractivity contribution in [2.45, 2.75) is 38.0 Å². The van der Waals surface area contributed by atoms with Crippen LogP contribution in [0.1, 0.15) is 18.9 Å². The molecule has 4 rings (SSSR count). The first-order chi connectivity index (χ1) is 11.9. The zero-order chi connectivity index (χ0) is 17.9. The van der Waals surface area contributed by atoms with Gasteiger partial charge >= 0.3 is 5.97 Å². The van der Waals surface area contributed by atoms with Gasteiger partial charge in [-0.3, -0.25) is 9.59 Å². The lowest BCUT2D eigenvalue weighted by atomic mass is 9.74. The normalized spacial score (nSPS) is 35.3. The first kappa shape index (κ1) is 16.1. The Morgan fingerprint density at radius 1 is 1.40 bits per heavy atom. The van der Waals surface area contributed by atoms with Gasteiger partial charge in [0.2, 0.25) is 5.91 Å². The Morgan fingerprint density at radius 2 is 2.12 bits per heavy atom. The number of hydrogen-bond acceptors (Lipinski definition) is 3. The van der Waals surface area contributed by atoms with E-state index in [4.69, 9.17) is 4.74 Å². The van der Waals surface area contributed by atoms with E-state index in [0.29, 0.717) is 6.42 Å². The standard InChI is InChI=1S/C20H21NO4/c1-11(2)10-15-20-9-8-14(25-20)16(19(23)24)17(20)18(22)21(15)13-7-5-4-6-12(13)3/h4-9,14-17H,1,10H2,2-3H3,(H,23,24)/t14-,15+,16+,17-,20-/m1/s1. The largest absolute Gasteiger partial charge is 0.481 e. The number of nitrogens with zero attached hydrogens (tertiary/aromatic N) is 1. The average Bonchev–Trinajstić information content (AvgIpc) is 3.18. The van der Waals surface area contributed by atoms with Crippen molar-refractivity contribution >= 4 is 17.6 Å². The number of ether oxygens (including phenoxy) is 1. The number of anilines is 1. The minimum Gasteiger partial charge on any atom is -0.481 e. The number of carbonyl (C=O) groups excluding carboxylic acids is 1. The first-order valence-corrected chi connectivity index (χ1v) is 8.50. The molecule has 3 aliphatic rings. The highest BCUT2D eigenvalue weighted by Gasteiger charge is 2.71. The van der Waals surface area contributed by atoms with E-state index in [1.807, 2.05) is 44.2 Å². The molecule has 5 heteroatoms. The minimum atomic E-state index is -0.977. The molecule has 1 aromatic carbocycles. The molecule has 3 aliphatic heterocycles. The molecule has 2 saturated heterocycles. The van der Waals surface area contributed by atoms with Gasteiger partial charge in [-0.15, -0.1) is 6.58 Å². The van der Waals surface area contributed by atoms with Crippen molar-refractivity contribution in [3.05, 3.63) is 54.1 Å². The van der Waals surface area contributed by atoms with Crippen LogP contribution in [-0.4, -0.2) is 34.7 Å². The van der Waals surface area contributed by atoms with Gasteiger partial charge in [0, 0.05) is 5.69 Å². The number of hydrogen-bond donors (Lipinski definition) is 1. The number of fused-ring (bicyclic) bond motifs is 1. The second-order valence-corrected chi connectivity index (χ2v) is 7.31. The van der Waals surface area contributed by atoms with Gasteiger partial charge in [-0.05, 0) is 31.9 Å². The minimum absolute atomic E-state index is 0.167. The van der Waals surface area contributed by atoms with Crippen molar-refractivity contribution in [1.29, 1.82) is 0 Å². The van der Waals surface area contributed by atoms with Crippen LogP contribution in [0.2, 0.25) is 0 Å². The van der Waals surface area contributed by atoms with Gasteiger partial charge in [0.15, 0.2) is 0 Å². The number of carboxylic acids is 1. The van der Waals surface area contributed by atoms with E-state index >= 15 is 0 Å². The van der Waals surface area contributed by atoms with Crippen LogP contribution in [0.5, 0.6) is 0 Å². The SMILES string of the molecule is C=C(C)C[C@@H]1N(c2ccccc2C)C(=O)[C@H]2[C@@H](C(=O)O)[C@H]3C=C[C@@]12O3. The van der Waals surface area contributed by atoms with Crippen LogP contribution in [0.15, 0.2) is 48.6 Å². The maximum atomic E-state index is 13.4. The first-order valence-electron chi connectivity index (χ1n) is 8.50. The van der Waals surface area contributed by atoms with Crippen molar-refractivity contribution < 1.29 is 19.4 Å². The van der Waals surface area contributed by atoms with Gasteiger partial charge in [0.05, 0.1) is 18.1 Å². The summed E-state index contributed by atoms with van der Waals surface area (Å²) in [6, 6.07) is 7.39. The van der Waals surface area contributed by atoms with Crippen molar-refractivity contribution in [1.82, 2.24) is 0 Å². The van der Waals surface area contributed by atoms with Crippen molar-refractivity contribution in [3.63, 3.8) is 0 Å². The smallest absolute Gasteiger partial charge is 0.310 e. The van der Waals surface area contributed by atoms with Crippen LogP contribution in [0, 0.1) is 18.8 Å². The summed E-state index contributed by atoms with van der Waals surface area (Å²) in [4.78, 5) is 26.9. The predicted octanol–water partition coefficient (Wildman–Crippen LogP) is 2.70. The quantitative estimate of drug-likeness (QED) is 0.857. The molecule has 0 saturated carbocycles. The van der Waals surface area contributed by atoms with E-state index in [9.17, 15) is 14.7 Å². The molecule has 0 unspecified atom stereocenters. The van der Waals surface area contributed by atoms with E-state index in [2.05, 4.69) is 6.58 Å². The Hall–Kier alpha value is -2.40. The van der Waals surface area contributed by atoms with Crippen LogP contribution >= 0.6 is 0 Å². The third-order valence-corrected chi connectivity index (χ3v) is 5.62. The summed E-state index contributed by atoms with van der Waals surface area (Å²) in [6.45, 7) is 7.88. The van der Waals surface area contributed by atoms with Crippen molar-refractivity contribution in [2.75, 3.05) is 4.90 Å². The Morgan fingerprint density at radius 3 is 2.76 bits per heavy atom. The molecule has 2 fully saturated rings. The summed E-state index contributed by atoms with van der Waals surface area (Å²) in [7, 11) is 0. The number of carboxylic acid groups (broad SMARTS) is 1. The number of aliphatic carboxylic acids is 1. The van der Waals surface area contributed by atoms with Gasteiger partial charge in [-0.1, -0.05) is 35.9 Å². The van der Waals surface area contributed by atoms with E-state index in [-0.39, 0.29) is 11.9 Å². The molecule has 1 amide bonds. The van der Waals surface area contributed by atoms with E-state index in [1.54, 1.807) is 11.0 Å². The lowest BCUT2D eigenvalue weighted by molar-refractivity contribution is -0.146. The van der Waals surface area contributed by atoms with Gasteiger partial charge in [0.1, 0.15) is 11.5 Å². The molecular formula is C20H21NO4. The predicted molar refractivity (Wildman–Crippen MR) is 93.2 cm³/mol. The van der Waals surface area contributed by atoms with Crippen LogP contribution < -0.4 is 4.90 Å². The number of rotatable bonds is 4. The zero-order valence-corrected chi connectivity index (χ0v) is 14.3. The summed E-state index contributed by atoms with van der Waals surface area (Å²) in [5.74, 6) is -2.67. The van der Waals surface area contributed by atoms with Crippen LogP contribution in [0.3, 0.4) is 0 Å². The lowest BCUT2D eigenvalue weighted by Crippen LogP contribution is -2.45. The second-order valence-electron chi connectivity index (χ2n) is 7.31. The zero-order valence-electron chi connectivity index (χ0n) is 14.3. The molecule has 2 bridgehead atoms. The summed E-state index contributed by atoms with van der Waals surface area (Å²) in [6.07, 6.45) is 3.75. The molecule has 1 N–H and O–H groups in total. The fourth-order valence-electron chi connectivity index (χ4n) is 4.63. The number of carbonyl (C=O) groups is 2. The van der Waals surface area contributed by atoms with Gasteiger partial charge in [-0.25, -0.2) is 0 Å². The topological polar surface area (TPSA) is 66.8 Å². The van der Waals surface area contributed by atoms with Crippen LogP contribution in [-0.2, 0) is 14.3 Å². The van der Waals surface area contributed by atoms with Crippen LogP contribution in [0.25, 0.3) is 0 Å². The molecule has 3 heterocycles. The van der Waals surface area contributed by atoms with Crippen molar-refractivity contribution in [2.24, 2.45) is 11.8 Å². The summed E-state index contributed by atoms with van der Waals surface area (Å²) in [5, 5.41) is 9.67. The number of para-hydroxylation sites is 1. The number of benzene rings is 1. The summed E-state index contributed by atoms with van der Waals surface area (Å²) >= 11 is 0. The third-order valence-electron chi connectivity index (χ3n) is 5.62. The van der Waals surface area contributed by atoms with Crippen molar-refractivity contribution in [3.8, 4) is 0 Å². The maximum Gasteiger partial charge on any atom is 0.310 e. The highest BCUT2D eigenvalue weighted by molar-refractivity contribution is 6.03. The average molecular weight is 339 g/mol. The van der Waals surface area contributed by atoms with Gasteiger partial charge < -0.3 is 14.7 Å². The van der Waals surface area contributed by atoms with E-state index < -0.39 is 29.5 Å². The molecule has 0 aromatic heterocycles. The molecular weight excluding hydrogens is 318 g/mol. The molecule has 0 aliphatic carbocycles. The van der Waals surface area contributed by atoms with Crippen LogP contribution in [0.4, 0.5) is 5.69 Å². The monoisotopic (exact) mass is 339 g/mol. The molecule has 5 atom stereocenters. The molecule has 0 radical (unpaired) electrons. The molecule has 130 valence electrons. The lowest BCUT2D eigenvalue weighted by Gasteiger charge is -2.34. The fraction of sp³-hybridized carbons (Fsp3) is 0.400. The molecule has 1 aromatic rings. The highest BCUT2D eigenvalue weighted by Crippen LogP contribution is 2.57. The molecule has 1 spiro atoms. The number of aryl methyl sites for hydroxylation is 1. The molecule has 5 nitrogen and oxygen atoms in total. The Labute approximate surface area is 146 Å². The Kier molecular flexibility index (Phi) is 3.41. The van der Waals surface area contributed by atoms with E-state index in [1.165, 1.54) is 0 Å². The number of amides is 1. The third kappa shape index (κ3) is 2.05. The fourth-order valence-corrected chi connectivity index (χ4v) is 4.63. The van der Waals surface area contributed by atoms with E-state index in [0.717, 1.165) is 16.8 Å². The maximum absolute atomic E-state index is 13.4. The molecule has 25 heavy (non-hydrogen) atoms. The second kappa shape index (κ2) is 5.30. The Bertz CT molecular complexity index is 814.